The summed E-state index contributed by atoms with van der Waals surface area (Å²) in [4.78, 5) is 0. The van der Waals surface area contributed by atoms with Crippen LogP contribution in [-0.4, -0.2) is 25.4 Å². The Kier molecular flexibility index (Phi) is 7.08. The van der Waals surface area contributed by atoms with Crippen molar-refractivity contribution in [2.75, 3.05) is 14.2 Å². The van der Waals surface area contributed by atoms with Crippen molar-refractivity contribution in [3.63, 3.8) is 0 Å². The Balaban J connectivity index is 2.06. The summed E-state index contributed by atoms with van der Waals surface area (Å²) in [7, 11) is 3.34. The number of aliphatic hydroxyl groups excluding tert-OH is 1. The van der Waals surface area contributed by atoms with Gasteiger partial charge in [0, 0.05) is 0 Å². The average Bonchev–Trinajstić information content (AvgIpc) is 2.64. The molecule has 1 atom stereocenters. The van der Waals surface area contributed by atoms with Crippen LogP contribution in [0.4, 0.5) is 0 Å². The lowest BCUT2D eigenvalue weighted by Crippen LogP contribution is -2.10. The maximum absolute atomic E-state index is 10.2. The number of aliphatic hydroxyl groups is 1. The van der Waals surface area contributed by atoms with E-state index in [1.807, 2.05) is 31.2 Å². The monoisotopic (exact) mass is 340 g/mol. The van der Waals surface area contributed by atoms with Gasteiger partial charge in [0.2, 0.25) is 0 Å². The van der Waals surface area contributed by atoms with Crippen LogP contribution < -0.4 is 9.47 Å². The molecular formula is C22H28O3. The van der Waals surface area contributed by atoms with E-state index in [2.05, 4.69) is 31.2 Å². The van der Waals surface area contributed by atoms with Gasteiger partial charge in [0.1, 0.15) is 11.5 Å². The van der Waals surface area contributed by atoms with Crippen molar-refractivity contribution in [3.05, 3.63) is 70.8 Å². The molecule has 2 rings (SSSR count). The summed E-state index contributed by atoms with van der Waals surface area (Å²) < 4.78 is 10.4. The fourth-order valence-corrected chi connectivity index (χ4v) is 2.90. The van der Waals surface area contributed by atoms with Crippen LogP contribution in [0.2, 0.25) is 0 Å². The van der Waals surface area contributed by atoms with Crippen LogP contribution in [0.15, 0.2) is 59.7 Å². The van der Waals surface area contributed by atoms with E-state index in [4.69, 9.17) is 9.47 Å². The maximum atomic E-state index is 10.2. The summed E-state index contributed by atoms with van der Waals surface area (Å²) >= 11 is 0. The molecule has 2 aromatic carbocycles. The average molecular weight is 340 g/mol. The molecule has 134 valence electrons. The van der Waals surface area contributed by atoms with Gasteiger partial charge in [-0.3, -0.25) is 0 Å². The first kappa shape index (κ1) is 19.1. The Morgan fingerprint density at radius 2 is 1.36 bits per heavy atom. The topological polar surface area (TPSA) is 38.7 Å². The highest BCUT2D eigenvalue weighted by molar-refractivity contribution is 5.32. The lowest BCUT2D eigenvalue weighted by molar-refractivity contribution is 0.227. The molecule has 0 fully saturated rings. The molecule has 0 bridgehead atoms. The highest BCUT2D eigenvalue weighted by Crippen LogP contribution is 2.22. The van der Waals surface area contributed by atoms with Gasteiger partial charge >= 0.3 is 0 Å². The fraction of sp³-hybridized carbons (Fsp3) is 0.364. The first-order valence-electron chi connectivity index (χ1n) is 8.66. The van der Waals surface area contributed by atoms with Gasteiger partial charge in [-0.05, 0) is 74.1 Å². The van der Waals surface area contributed by atoms with Crippen LogP contribution in [0.5, 0.6) is 11.5 Å². The van der Waals surface area contributed by atoms with E-state index < -0.39 is 6.10 Å². The Labute approximate surface area is 150 Å². The second-order valence-corrected chi connectivity index (χ2v) is 6.35. The van der Waals surface area contributed by atoms with Gasteiger partial charge in [-0.25, -0.2) is 0 Å². The molecule has 0 spiro atoms. The number of aryl methyl sites for hydroxylation is 1. The third-order valence-corrected chi connectivity index (χ3v) is 4.55. The number of allylic oxidation sites excluding steroid dienone is 1. The van der Waals surface area contributed by atoms with E-state index in [9.17, 15) is 5.11 Å². The van der Waals surface area contributed by atoms with Crippen LogP contribution >= 0.6 is 0 Å². The van der Waals surface area contributed by atoms with Crippen LogP contribution in [0.1, 0.15) is 31.4 Å². The molecule has 0 amide bonds. The molecule has 0 aliphatic carbocycles. The molecule has 3 heteroatoms. The molecular weight excluding hydrogens is 312 g/mol. The summed E-state index contributed by atoms with van der Waals surface area (Å²) in [6.45, 7) is 3.96. The highest BCUT2D eigenvalue weighted by atomic mass is 16.5. The predicted molar refractivity (Wildman–Crippen MR) is 102 cm³/mol. The minimum absolute atomic E-state index is 0.446. The Morgan fingerprint density at radius 1 is 0.880 bits per heavy atom. The van der Waals surface area contributed by atoms with Gasteiger partial charge in [-0.1, -0.05) is 29.8 Å². The van der Waals surface area contributed by atoms with Crippen molar-refractivity contribution in [3.8, 4) is 11.5 Å². The maximum Gasteiger partial charge on any atom is 0.118 e. The largest absolute Gasteiger partial charge is 0.497 e. The van der Waals surface area contributed by atoms with Crippen molar-refractivity contribution >= 4 is 0 Å². The summed E-state index contributed by atoms with van der Waals surface area (Å²) in [5.41, 5.74) is 4.80. The molecule has 0 saturated heterocycles. The van der Waals surface area contributed by atoms with Gasteiger partial charge in [0.25, 0.3) is 0 Å². The zero-order chi connectivity index (χ0) is 18.2. The number of methoxy groups -OCH3 is 2. The van der Waals surface area contributed by atoms with Gasteiger partial charge in [0.05, 0.1) is 20.3 Å². The normalized spacial score (nSPS) is 13.2. The minimum Gasteiger partial charge on any atom is -0.497 e. The number of hydrogen-bond acceptors (Lipinski definition) is 3. The molecule has 3 nitrogen and oxygen atoms in total. The van der Waals surface area contributed by atoms with E-state index in [-0.39, 0.29) is 0 Å². The van der Waals surface area contributed by atoms with Crippen molar-refractivity contribution < 1.29 is 14.6 Å². The van der Waals surface area contributed by atoms with Gasteiger partial charge in [-0.2, -0.15) is 0 Å². The van der Waals surface area contributed by atoms with E-state index in [0.29, 0.717) is 0 Å². The summed E-state index contributed by atoms with van der Waals surface area (Å²) in [5.74, 6) is 1.72. The molecule has 0 radical (unpaired) electrons. The van der Waals surface area contributed by atoms with Gasteiger partial charge in [-0.15, -0.1) is 0 Å². The Hall–Kier alpha value is -2.26. The number of hydrogen-bond donors (Lipinski definition) is 1. The standard InChI is InChI=1S/C22H28O3/c1-16(5-6-18-7-11-20(24-3)12-8-18)22(17(2)23)15-19-9-13-21(25-4)14-10-19/h7-14,17,23H,5-6,15H2,1-4H3/b22-16+. The number of benzene rings is 2. The SMILES string of the molecule is COc1ccc(CC/C(C)=C(\Cc2ccc(OC)cc2)C(C)O)cc1. The van der Waals surface area contributed by atoms with Crippen molar-refractivity contribution in [2.24, 2.45) is 0 Å². The predicted octanol–water partition coefficient (Wildman–Crippen LogP) is 4.58. The molecule has 0 aromatic heterocycles. The third-order valence-electron chi connectivity index (χ3n) is 4.55. The van der Waals surface area contributed by atoms with Crippen LogP contribution in [0, 0.1) is 0 Å². The molecule has 0 heterocycles. The van der Waals surface area contributed by atoms with E-state index in [0.717, 1.165) is 36.3 Å². The van der Waals surface area contributed by atoms with E-state index in [1.165, 1.54) is 16.7 Å². The molecule has 0 aliphatic heterocycles. The summed E-state index contributed by atoms with van der Waals surface area (Å²) in [5, 5.41) is 10.2. The zero-order valence-corrected chi connectivity index (χ0v) is 15.6. The van der Waals surface area contributed by atoms with Crippen molar-refractivity contribution in [1.82, 2.24) is 0 Å². The lowest BCUT2D eigenvalue weighted by Gasteiger charge is -2.16. The fourth-order valence-electron chi connectivity index (χ4n) is 2.90. The quantitative estimate of drug-likeness (QED) is 0.715. The molecule has 1 N–H and O–H groups in total. The van der Waals surface area contributed by atoms with E-state index >= 15 is 0 Å². The second kappa shape index (κ2) is 9.28. The van der Waals surface area contributed by atoms with Gasteiger partial charge in [0.15, 0.2) is 0 Å². The number of rotatable bonds is 8. The van der Waals surface area contributed by atoms with Crippen LogP contribution in [0.3, 0.4) is 0 Å². The first-order chi connectivity index (χ1) is 12.0. The minimum atomic E-state index is -0.446. The third kappa shape index (κ3) is 5.64. The molecule has 25 heavy (non-hydrogen) atoms. The Bertz CT molecular complexity index is 682. The molecule has 0 saturated carbocycles. The van der Waals surface area contributed by atoms with Crippen LogP contribution in [-0.2, 0) is 12.8 Å². The molecule has 1 unspecified atom stereocenters. The summed E-state index contributed by atoms with van der Waals surface area (Å²) in [6.07, 6.45) is 2.20. The zero-order valence-electron chi connectivity index (χ0n) is 15.6. The highest BCUT2D eigenvalue weighted by Gasteiger charge is 2.11. The lowest BCUT2D eigenvalue weighted by atomic mass is 9.93. The first-order valence-corrected chi connectivity index (χ1v) is 8.66. The molecule has 0 aliphatic rings. The second-order valence-electron chi connectivity index (χ2n) is 6.35. The number of ether oxygens (including phenoxy) is 2. The Morgan fingerprint density at radius 3 is 1.80 bits per heavy atom. The van der Waals surface area contributed by atoms with Crippen molar-refractivity contribution in [1.29, 1.82) is 0 Å². The van der Waals surface area contributed by atoms with Gasteiger partial charge < -0.3 is 14.6 Å². The summed E-state index contributed by atoms with van der Waals surface area (Å²) in [6, 6.07) is 16.2. The van der Waals surface area contributed by atoms with Crippen molar-refractivity contribution in [2.45, 2.75) is 39.2 Å². The molecule has 2 aromatic rings. The smallest absolute Gasteiger partial charge is 0.118 e. The van der Waals surface area contributed by atoms with E-state index in [1.54, 1.807) is 14.2 Å². The van der Waals surface area contributed by atoms with Crippen LogP contribution in [0.25, 0.3) is 0 Å².